The molecule has 0 radical (unpaired) electrons. The van der Waals surface area contributed by atoms with E-state index in [4.69, 9.17) is 0 Å². The molecule has 0 spiro atoms. The third kappa shape index (κ3) is 4.12. The van der Waals surface area contributed by atoms with E-state index < -0.39 is 0 Å². The lowest BCUT2D eigenvalue weighted by Crippen LogP contribution is -2.37. The van der Waals surface area contributed by atoms with E-state index in [0.29, 0.717) is 0 Å². The van der Waals surface area contributed by atoms with Crippen LogP contribution in [-0.2, 0) is 0 Å². The minimum atomic E-state index is 0.0962. The van der Waals surface area contributed by atoms with Crippen molar-refractivity contribution in [3.8, 4) is 0 Å². The summed E-state index contributed by atoms with van der Waals surface area (Å²) in [5.41, 5.74) is 1.23. The quantitative estimate of drug-likeness (QED) is 0.750. The van der Waals surface area contributed by atoms with E-state index in [0.717, 1.165) is 43.3 Å². The van der Waals surface area contributed by atoms with Gasteiger partial charge < -0.3 is 4.90 Å². The highest BCUT2D eigenvalue weighted by molar-refractivity contribution is 5.91. The van der Waals surface area contributed by atoms with Crippen LogP contribution in [0.3, 0.4) is 0 Å². The number of carbonyl (C=O) groups excluding carboxylic acids is 1. The molecule has 0 fully saturated rings. The Bertz CT molecular complexity index is 622. The van der Waals surface area contributed by atoms with E-state index in [2.05, 4.69) is 27.7 Å². The van der Waals surface area contributed by atoms with Gasteiger partial charge in [0, 0.05) is 24.7 Å². The van der Waals surface area contributed by atoms with E-state index in [1.165, 1.54) is 0 Å². The van der Waals surface area contributed by atoms with Crippen LogP contribution in [0, 0.1) is 5.41 Å². The number of aromatic nitrogens is 1. The predicted octanol–water partition coefficient (Wildman–Crippen LogP) is 5.15. The molecule has 120 valence electrons. The lowest BCUT2D eigenvalue weighted by Gasteiger charge is -2.27. The topological polar surface area (TPSA) is 25.2 Å². The van der Waals surface area contributed by atoms with Gasteiger partial charge in [-0.15, -0.1) is 0 Å². The Hall–Kier alpha value is -1.77. The number of carbonyl (C=O) groups is 1. The van der Waals surface area contributed by atoms with Gasteiger partial charge in [0.05, 0.1) is 5.52 Å². The van der Waals surface area contributed by atoms with Crippen molar-refractivity contribution in [1.82, 2.24) is 9.47 Å². The number of para-hydroxylation sites is 1. The molecule has 0 bridgehead atoms. The van der Waals surface area contributed by atoms with Crippen LogP contribution >= 0.6 is 0 Å². The molecule has 0 aliphatic heterocycles. The van der Waals surface area contributed by atoms with Crippen LogP contribution in [0.5, 0.6) is 0 Å². The average Bonchev–Trinajstić information content (AvgIpc) is 2.89. The van der Waals surface area contributed by atoms with Crippen LogP contribution in [0.1, 0.15) is 47.0 Å². The summed E-state index contributed by atoms with van der Waals surface area (Å²) in [7, 11) is 0. The maximum atomic E-state index is 12.9. The Morgan fingerprint density at radius 2 is 1.86 bits per heavy atom. The zero-order valence-electron chi connectivity index (χ0n) is 14.3. The fraction of sp³-hybridized carbons (Fsp3) is 0.526. The number of benzene rings is 1. The molecule has 0 unspecified atom stereocenters. The second-order valence-electron chi connectivity index (χ2n) is 7.18. The molecule has 0 saturated carbocycles. The van der Waals surface area contributed by atoms with E-state index >= 15 is 0 Å². The highest BCUT2D eigenvalue weighted by Crippen LogP contribution is 2.21. The summed E-state index contributed by atoms with van der Waals surface area (Å²) < 4.78 is 1.79. The van der Waals surface area contributed by atoms with Gasteiger partial charge in [0.25, 0.3) is 0 Å². The highest BCUT2D eigenvalue weighted by Gasteiger charge is 2.19. The molecule has 1 amide bonds. The molecule has 3 nitrogen and oxygen atoms in total. The SMILES string of the molecule is CCCCN(CCC(C)(C)C)C(=O)n1ccc2ccccc21. The maximum Gasteiger partial charge on any atom is 0.328 e. The lowest BCUT2D eigenvalue weighted by molar-refractivity contribution is 0.190. The Kier molecular flexibility index (Phi) is 5.28. The average molecular weight is 300 g/mol. The zero-order chi connectivity index (χ0) is 16.2. The summed E-state index contributed by atoms with van der Waals surface area (Å²) in [6, 6.07) is 10.1. The van der Waals surface area contributed by atoms with Crippen molar-refractivity contribution < 1.29 is 4.79 Å². The van der Waals surface area contributed by atoms with E-state index in [-0.39, 0.29) is 11.4 Å². The second-order valence-corrected chi connectivity index (χ2v) is 7.18. The van der Waals surface area contributed by atoms with Crippen LogP contribution in [0.2, 0.25) is 0 Å². The molecular weight excluding hydrogens is 272 g/mol. The van der Waals surface area contributed by atoms with Crippen molar-refractivity contribution in [2.24, 2.45) is 5.41 Å². The standard InChI is InChI=1S/C19H28N2O/c1-5-6-13-20(15-12-19(2,3)4)18(22)21-14-11-16-9-7-8-10-17(16)21/h7-11,14H,5-6,12-13,15H2,1-4H3. The van der Waals surface area contributed by atoms with Gasteiger partial charge in [0.15, 0.2) is 0 Å². The number of unbranched alkanes of at least 4 members (excludes halogenated alkanes) is 1. The van der Waals surface area contributed by atoms with Gasteiger partial charge in [-0.25, -0.2) is 4.79 Å². The molecule has 22 heavy (non-hydrogen) atoms. The first-order valence-corrected chi connectivity index (χ1v) is 8.28. The lowest BCUT2D eigenvalue weighted by atomic mass is 9.92. The molecule has 0 aliphatic rings. The first-order valence-electron chi connectivity index (χ1n) is 8.28. The summed E-state index contributed by atoms with van der Waals surface area (Å²) in [6.45, 7) is 10.5. The van der Waals surface area contributed by atoms with Crippen molar-refractivity contribution in [3.63, 3.8) is 0 Å². The second kappa shape index (κ2) is 6.99. The summed E-state index contributed by atoms with van der Waals surface area (Å²) >= 11 is 0. The molecule has 0 N–H and O–H groups in total. The molecule has 2 rings (SSSR count). The summed E-state index contributed by atoms with van der Waals surface area (Å²) in [5.74, 6) is 0. The molecule has 1 aromatic heterocycles. The Morgan fingerprint density at radius 1 is 1.14 bits per heavy atom. The number of hydrogen-bond donors (Lipinski definition) is 0. The Labute approximate surface area is 133 Å². The van der Waals surface area contributed by atoms with Crippen molar-refractivity contribution in [3.05, 3.63) is 36.5 Å². The minimum absolute atomic E-state index is 0.0962. The number of nitrogens with zero attached hydrogens (tertiary/aromatic N) is 2. The van der Waals surface area contributed by atoms with Crippen molar-refractivity contribution in [2.75, 3.05) is 13.1 Å². The number of hydrogen-bond acceptors (Lipinski definition) is 1. The van der Waals surface area contributed by atoms with Crippen molar-refractivity contribution >= 4 is 16.9 Å². The minimum Gasteiger partial charge on any atom is -0.324 e. The third-order valence-electron chi connectivity index (χ3n) is 3.99. The summed E-state index contributed by atoms with van der Waals surface area (Å²) in [6.07, 6.45) is 5.06. The molecule has 0 aliphatic carbocycles. The fourth-order valence-electron chi connectivity index (χ4n) is 2.52. The molecule has 0 atom stereocenters. The van der Waals surface area contributed by atoms with Gasteiger partial charge in [-0.3, -0.25) is 4.57 Å². The molecule has 1 heterocycles. The van der Waals surface area contributed by atoms with Crippen LogP contribution in [0.25, 0.3) is 10.9 Å². The normalized spacial score (nSPS) is 11.8. The van der Waals surface area contributed by atoms with Crippen LogP contribution in [-0.4, -0.2) is 28.6 Å². The zero-order valence-corrected chi connectivity index (χ0v) is 14.3. The highest BCUT2D eigenvalue weighted by atomic mass is 16.2. The van der Waals surface area contributed by atoms with Gasteiger partial charge in [-0.05, 0) is 30.4 Å². The Morgan fingerprint density at radius 3 is 2.55 bits per heavy atom. The fourth-order valence-corrected chi connectivity index (χ4v) is 2.52. The predicted molar refractivity (Wildman–Crippen MR) is 93.3 cm³/mol. The first-order chi connectivity index (χ1) is 10.4. The smallest absolute Gasteiger partial charge is 0.324 e. The molecular formula is C19H28N2O. The van der Waals surface area contributed by atoms with E-state index in [1.807, 2.05) is 41.4 Å². The summed E-state index contributed by atoms with van der Waals surface area (Å²) in [4.78, 5) is 14.9. The largest absolute Gasteiger partial charge is 0.328 e. The summed E-state index contributed by atoms with van der Waals surface area (Å²) in [5, 5.41) is 1.11. The van der Waals surface area contributed by atoms with Gasteiger partial charge in [-0.1, -0.05) is 52.3 Å². The van der Waals surface area contributed by atoms with Crippen molar-refractivity contribution in [2.45, 2.75) is 47.0 Å². The number of amides is 1. The van der Waals surface area contributed by atoms with Gasteiger partial charge in [0.1, 0.15) is 0 Å². The van der Waals surface area contributed by atoms with Crippen LogP contribution < -0.4 is 0 Å². The van der Waals surface area contributed by atoms with Crippen molar-refractivity contribution in [1.29, 1.82) is 0 Å². The first kappa shape index (κ1) is 16.6. The molecule has 1 aromatic carbocycles. The maximum absolute atomic E-state index is 12.9. The molecule has 0 saturated heterocycles. The van der Waals surface area contributed by atoms with E-state index in [9.17, 15) is 4.79 Å². The monoisotopic (exact) mass is 300 g/mol. The number of fused-ring (bicyclic) bond motifs is 1. The van der Waals surface area contributed by atoms with Gasteiger partial charge >= 0.3 is 6.03 Å². The number of rotatable bonds is 5. The van der Waals surface area contributed by atoms with Gasteiger partial charge in [0.2, 0.25) is 0 Å². The van der Waals surface area contributed by atoms with Crippen LogP contribution in [0.15, 0.2) is 36.5 Å². The van der Waals surface area contributed by atoms with E-state index in [1.54, 1.807) is 4.57 Å². The third-order valence-corrected chi connectivity index (χ3v) is 3.99. The molecule has 2 aromatic rings. The van der Waals surface area contributed by atoms with Crippen LogP contribution in [0.4, 0.5) is 4.79 Å². The Balaban J connectivity index is 2.20. The van der Waals surface area contributed by atoms with Gasteiger partial charge in [-0.2, -0.15) is 0 Å². The molecule has 3 heteroatoms.